The average Bonchev–Trinajstić information content (AvgIpc) is 4.14. The molecule has 0 amide bonds. The highest BCUT2D eigenvalue weighted by atomic mass is 35.5. The van der Waals surface area contributed by atoms with Crippen molar-refractivity contribution in [3.05, 3.63) is 129 Å². The number of hydrogen-bond donors (Lipinski definition) is 0. The Balaban J connectivity index is 0.000000247. The smallest absolute Gasteiger partial charge is 0.331 e. The molecule has 19 nitrogen and oxygen atoms in total. The number of carbonyl (C=O) groups excluding carboxylic acids is 3. The molecule has 0 N–H and O–H groups in total. The topological polar surface area (TPSA) is 204 Å². The Hall–Kier alpha value is -8.31. The van der Waals surface area contributed by atoms with Crippen molar-refractivity contribution in [1.82, 2.24) is 29.5 Å². The van der Waals surface area contributed by atoms with Crippen LogP contribution in [0.4, 0.5) is 22.7 Å². The Labute approximate surface area is 435 Å². The molecule has 2 atom stereocenters. The lowest BCUT2D eigenvalue weighted by atomic mass is 9.75. The van der Waals surface area contributed by atoms with Crippen LogP contribution in [0, 0.1) is 49.2 Å². The first kappa shape index (κ1) is 53.5. The van der Waals surface area contributed by atoms with Crippen molar-refractivity contribution in [1.29, 1.82) is 5.26 Å². The lowest BCUT2D eigenvalue weighted by Crippen LogP contribution is -2.37. The summed E-state index contributed by atoms with van der Waals surface area (Å²) in [5.41, 5.74) is 5.35. The zero-order valence-corrected chi connectivity index (χ0v) is 43.1. The van der Waals surface area contributed by atoms with Crippen LogP contribution in [0.2, 0.25) is 5.02 Å². The van der Waals surface area contributed by atoms with Crippen LogP contribution < -0.4 is 9.80 Å². The molecule has 2 aromatic heterocycles. The Morgan fingerprint density at radius 2 is 1.62 bits per heavy atom. The Kier molecular flexibility index (Phi) is 17.3. The van der Waals surface area contributed by atoms with Crippen molar-refractivity contribution < 1.29 is 28.6 Å². The molecule has 20 heteroatoms. The summed E-state index contributed by atoms with van der Waals surface area (Å²) in [5.74, 6) is 1.85. The van der Waals surface area contributed by atoms with Crippen LogP contribution in [-0.4, -0.2) is 106 Å². The summed E-state index contributed by atoms with van der Waals surface area (Å²) in [6.45, 7) is 31.2. The van der Waals surface area contributed by atoms with Gasteiger partial charge in [0.2, 0.25) is 5.70 Å². The van der Waals surface area contributed by atoms with E-state index in [2.05, 4.69) is 74.7 Å². The largest absolute Gasteiger partial charge is 0.465 e. The number of benzene rings is 3. The molecule has 0 saturated heterocycles. The molecule has 4 aliphatic rings. The van der Waals surface area contributed by atoms with Gasteiger partial charge in [0.1, 0.15) is 43.1 Å². The van der Waals surface area contributed by atoms with Gasteiger partial charge in [0.25, 0.3) is 5.70 Å². The number of halogens is 1. The van der Waals surface area contributed by atoms with Crippen LogP contribution in [0.15, 0.2) is 88.1 Å². The van der Waals surface area contributed by atoms with Crippen LogP contribution >= 0.6 is 11.6 Å². The summed E-state index contributed by atoms with van der Waals surface area (Å²) < 4.78 is 19.7. The number of anilines is 2. The van der Waals surface area contributed by atoms with Crippen LogP contribution in [0.25, 0.3) is 32.2 Å². The number of carbonyl (C=O) groups is 3. The number of aryl methyl sites for hydroxylation is 2. The van der Waals surface area contributed by atoms with E-state index in [0.717, 1.165) is 43.5 Å². The molecule has 5 heterocycles. The SMILES string of the molecule is C=O.[C-]#[N+]C1=C(C#N)c2nc(C)nn2C1=Nc1ccc2c(c1)CCCN2C.[C-]#[N+]C1=C(C(=O)OC2C(C)CC(C)CC2C)c2nc(-c3ccccc3)nn2C1=Nc1ccc(N(COCC)CC(=O)OCC)cc1Cl. The second kappa shape index (κ2) is 23.9. The van der Waals surface area contributed by atoms with E-state index in [9.17, 15) is 14.9 Å². The molecule has 1 saturated carbocycles. The maximum Gasteiger partial charge on any atom is 0.331 e. The predicted octanol–water partition coefficient (Wildman–Crippen LogP) is 9.33. The van der Waals surface area contributed by atoms with Crippen molar-refractivity contribution in [2.24, 2.45) is 27.7 Å². The first-order chi connectivity index (χ1) is 35.8. The van der Waals surface area contributed by atoms with Crippen molar-refractivity contribution in [2.75, 3.05) is 49.9 Å². The number of aliphatic imine (C=N–C) groups is 2. The third-order valence-corrected chi connectivity index (χ3v) is 13.1. The number of rotatable bonds is 12. The second-order valence-corrected chi connectivity index (χ2v) is 18.5. The summed E-state index contributed by atoms with van der Waals surface area (Å²) in [6, 6.07) is 22.6. The molecule has 1 fully saturated rings. The fourth-order valence-corrected chi connectivity index (χ4v) is 9.86. The summed E-state index contributed by atoms with van der Waals surface area (Å²) in [4.78, 5) is 63.7. The number of nitriles is 1. The molecule has 74 heavy (non-hydrogen) atoms. The summed E-state index contributed by atoms with van der Waals surface area (Å²) in [5, 5.41) is 18.6. The molecule has 380 valence electrons. The molecule has 0 spiro atoms. The number of allylic oxidation sites excluding steroid dienone is 3. The number of esters is 2. The maximum atomic E-state index is 13.9. The monoisotopic (exact) mass is 1020 g/mol. The van der Waals surface area contributed by atoms with Gasteiger partial charge in [-0.1, -0.05) is 62.7 Å². The normalized spacial score (nSPS) is 19.4. The van der Waals surface area contributed by atoms with Gasteiger partial charge in [0.05, 0.1) is 42.2 Å². The molecule has 2 unspecified atom stereocenters. The van der Waals surface area contributed by atoms with Gasteiger partial charge in [-0.2, -0.15) is 10.4 Å². The molecule has 3 aliphatic heterocycles. The highest BCUT2D eigenvalue weighted by molar-refractivity contribution is 6.34. The average molecular weight is 1020 g/mol. The molecule has 5 aromatic rings. The molecule has 9 rings (SSSR count). The Morgan fingerprint density at radius 1 is 0.919 bits per heavy atom. The summed E-state index contributed by atoms with van der Waals surface area (Å²) in [7, 11) is 2.09. The van der Waals surface area contributed by atoms with Crippen molar-refractivity contribution >= 4 is 75.9 Å². The van der Waals surface area contributed by atoms with E-state index >= 15 is 0 Å². The molecule has 1 aliphatic carbocycles. The van der Waals surface area contributed by atoms with Crippen molar-refractivity contribution in [3.63, 3.8) is 0 Å². The Bertz CT molecular complexity index is 3180. The van der Waals surface area contributed by atoms with E-state index in [0.29, 0.717) is 47.2 Å². The van der Waals surface area contributed by atoms with Gasteiger partial charge >= 0.3 is 11.9 Å². The minimum atomic E-state index is -0.625. The lowest BCUT2D eigenvalue weighted by Gasteiger charge is -2.37. The first-order valence-corrected chi connectivity index (χ1v) is 24.6. The van der Waals surface area contributed by atoms with Gasteiger partial charge in [-0.05, 0) is 106 Å². The van der Waals surface area contributed by atoms with Gasteiger partial charge in [0, 0.05) is 37.1 Å². The number of nitrogens with zero attached hydrogens (tertiary/aromatic N) is 13. The van der Waals surface area contributed by atoms with Gasteiger partial charge < -0.3 is 28.8 Å². The van der Waals surface area contributed by atoms with Crippen LogP contribution in [0.5, 0.6) is 0 Å². The predicted molar refractivity (Wildman–Crippen MR) is 282 cm³/mol. The van der Waals surface area contributed by atoms with E-state index in [1.54, 1.807) is 36.9 Å². The van der Waals surface area contributed by atoms with E-state index in [1.165, 1.54) is 20.6 Å². The van der Waals surface area contributed by atoms with E-state index in [1.807, 2.05) is 56.2 Å². The standard InChI is InChI=1S/C35H39ClN6O5.C18H15N7.CH2O/c1-7-45-20-41(19-28(43)46-8-2)25-14-15-27(26(36)18-25)38-34-30(37-6)29(35(44)47-31-22(4)16-21(3)17-23(31)5)33-39-32(40-42(33)34)24-12-10-9-11-13-24;1-11-21-17-14(10-19)16(20-2)18(25(17)23-11)22-13-6-7-15-12(9-13)5-4-8-24(15)3;1-2/h9-15,18,21-23,31H,7-8,16-17,19-20H2,1-5H3;6-7,9H,4-5,8H2,1,3H3;1H2. The minimum absolute atomic E-state index is 0.0190. The third-order valence-electron chi connectivity index (χ3n) is 12.8. The minimum Gasteiger partial charge on any atom is -0.465 e. The fraction of sp³-hybridized carbons (Fsp3) is 0.370. The second-order valence-electron chi connectivity index (χ2n) is 18.1. The quantitative estimate of drug-likeness (QED) is 0.0650. The third kappa shape index (κ3) is 11.3. The molecule has 0 bridgehead atoms. The Morgan fingerprint density at radius 3 is 2.28 bits per heavy atom. The van der Waals surface area contributed by atoms with Crippen LogP contribution in [0.3, 0.4) is 0 Å². The number of aromatic nitrogens is 6. The molecule has 3 aromatic carbocycles. The number of fused-ring (bicyclic) bond motifs is 3. The van der Waals surface area contributed by atoms with Crippen LogP contribution in [-0.2, 0) is 35.0 Å². The number of ether oxygens (including phenoxy) is 3. The number of hydrogen-bond acceptors (Lipinski definition) is 15. The molecule has 0 radical (unpaired) electrons. The van der Waals surface area contributed by atoms with E-state index < -0.39 is 11.9 Å². The van der Waals surface area contributed by atoms with Gasteiger partial charge in [-0.25, -0.2) is 43.8 Å². The summed E-state index contributed by atoms with van der Waals surface area (Å²) >= 11 is 6.75. The lowest BCUT2D eigenvalue weighted by molar-refractivity contribution is -0.150. The molecular formula is C54H56ClN13O6. The van der Waals surface area contributed by atoms with Gasteiger partial charge in [-0.3, -0.25) is 4.79 Å². The summed E-state index contributed by atoms with van der Waals surface area (Å²) in [6.07, 6.45) is 3.74. The zero-order valence-electron chi connectivity index (χ0n) is 42.4. The fourth-order valence-electron chi connectivity index (χ4n) is 9.64. The van der Waals surface area contributed by atoms with Gasteiger partial charge in [-0.15, -0.1) is 5.10 Å². The van der Waals surface area contributed by atoms with E-state index in [-0.39, 0.29) is 77.0 Å². The first-order valence-electron chi connectivity index (χ1n) is 24.2. The zero-order chi connectivity index (χ0) is 53.2. The molecular weight excluding hydrogens is 962 g/mol. The highest BCUT2D eigenvalue weighted by Gasteiger charge is 2.41. The van der Waals surface area contributed by atoms with Crippen molar-refractivity contribution in [2.45, 2.75) is 73.3 Å². The highest BCUT2D eigenvalue weighted by Crippen LogP contribution is 2.40. The van der Waals surface area contributed by atoms with Crippen molar-refractivity contribution in [3.8, 4) is 17.5 Å². The van der Waals surface area contributed by atoms with E-state index in [4.69, 9.17) is 53.7 Å². The van der Waals surface area contributed by atoms with Gasteiger partial charge in [0.15, 0.2) is 29.1 Å². The van der Waals surface area contributed by atoms with Crippen LogP contribution in [0.1, 0.15) is 76.9 Å². The maximum absolute atomic E-state index is 13.9.